The van der Waals surface area contributed by atoms with E-state index in [0.29, 0.717) is 19.6 Å². The standard InChI is InChI=1S/C13H22O6.C12H20O6.C11H20O5.2C10H18O6.C9H16O5/c1-12(2)15-6-7(17-12)8-9(14-5)10-11(16-8)19-13(3,4)18-10;1-11(2)14-5-6(16-11)8-7(13)9-10(15-8)18-12(3,4)17-9;1-5-11(6-12)8(13-4)7-9(16-11)15-10(2,3)14-7;1-9(2)14-6-7(13-3)10(4-11,5-12)16-8(6)15-9;1-10(2)15-8-7(13-3)6(5(12)4-11)14-9(8)16-10;1-9(2)13-6-5(10-3)7(11-4)12-8(6)14-9/h7-11H,6H2,1-5H3;6-10,13H,5H2,1-4H3;7-9,12H,5-6H2,1-4H3;6-8,11-12H,4-5H2,1-3H3;5-9,11-12H,4H2,1-3H3;5-8H,1-4H3/t7?,8-,9-,10-,11-;6?,7-,8-,9-,10-;7-,8+,9+,11+;6-,7+,8+;5?,6-,7-,8-,9-;5-,6+,7-,8+/m111110/s1. The third kappa shape index (κ3) is 17.8. The second kappa shape index (κ2) is 31.1. The van der Waals surface area contributed by atoms with Crippen LogP contribution in [0.4, 0.5) is 0 Å². The molecule has 14 rings (SSSR count). The van der Waals surface area contributed by atoms with Crippen LogP contribution in [-0.2, 0) is 133 Å². The molecule has 0 aromatic rings. The quantitative estimate of drug-likeness (QED) is 0.141. The van der Waals surface area contributed by atoms with E-state index in [1.165, 1.54) is 14.2 Å². The van der Waals surface area contributed by atoms with E-state index in [1.807, 2.05) is 76.2 Å². The summed E-state index contributed by atoms with van der Waals surface area (Å²) in [5.41, 5.74) is -1.86. The number of fused-ring (bicyclic) bond motifs is 6. The first-order valence-corrected chi connectivity index (χ1v) is 33.8. The maximum Gasteiger partial charge on any atom is 0.193 e. The SMILES string of the molecule is CC1(C)OCC([C@H]2O[C@@H]3OC(C)(C)O[C@@H]3[C@@H]2O)O1.CC[C@@]1(CO)O[C@@H]2OC(C)(C)O[C@@H]2[C@@H]1OC.CO[C@H]1O[C@@H]2OC(C)(C)O[C@@H]2[C@@H]1OC.CO[C@H]1[C@H]2OC(C)(C)O[C@H]2OC1(CO)CO.CO[C@H]1[C@H]2OC(C)(C)O[C@H]2O[C@@H]1C(O)CO.CO[C@H]1[C@H]2OC(C)(C)O[C@H]2O[C@@H]1C1COC(C)(C)O1. The molecule has 99 heavy (non-hydrogen) atoms. The molecule has 34 nitrogen and oxygen atoms in total. The Morgan fingerprint density at radius 3 is 1.08 bits per heavy atom. The molecule has 0 bridgehead atoms. The van der Waals surface area contributed by atoms with Gasteiger partial charge in [0.2, 0.25) is 0 Å². The molecule has 3 unspecified atom stereocenters. The topological polar surface area (TPSA) is 380 Å². The van der Waals surface area contributed by atoms with Crippen LogP contribution in [0, 0.1) is 0 Å². The average Bonchev–Trinajstić information content (AvgIpc) is 1.62. The molecule has 14 heterocycles. The fraction of sp³-hybridized carbons (Fsp3) is 1.00. The van der Waals surface area contributed by atoms with Crippen LogP contribution in [0.5, 0.6) is 0 Å². The zero-order valence-electron chi connectivity index (χ0n) is 61.5. The van der Waals surface area contributed by atoms with Crippen LogP contribution in [-0.4, -0.2) is 324 Å². The maximum atomic E-state index is 10.3. The molecule has 14 aliphatic heterocycles. The van der Waals surface area contributed by atoms with E-state index >= 15 is 0 Å². The molecule has 0 aliphatic carbocycles. The average molecular weight is 1440 g/mol. The van der Waals surface area contributed by atoms with Crippen molar-refractivity contribution in [2.75, 3.05) is 82.3 Å². The molecule has 0 aromatic carbocycles. The van der Waals surface area contributed by atoms with E-state index in [1.54, 1.807) is 70.0 Å². The van der Waals surface area contributed by atoms with E-state index in [0.717, 1.165) is 0 Å². The summed E-state index contributed by atoms with van der Waals surface area (Å²) >= 11 is 0. The van der Waals surface area contributed by atoms with Gasteiger partial charge in [0.15, 0.2) is 90.3 Å². The first-order valence-electron chi connectivity index (χ1n) is 33.8. The summed E-state index contributed by atoms with van der Waals surface area (Å²) in [7, 11) is 9.44. The summed E-state index contributed by atoms with van der Waals surface area (Å²) in [4.78, 5) is 0. The van der Waals surface area contributed by atoms with E-state index in [-0.39, 0.29) is 93.8 Å². The molecule has 14 fully saturated rings. The van der Waals surface area contributed by atoms with Crippen LogP contribution in [0.1, 0.15) is 124 Å². The highest BCUT2D eigenvalue weighted by Gasteiger charge is 2.65. The molecule has 0 saturated carbocycles. The summed E-state index contributed by atoms with van der Waals surface area (Å²) in [6, 6.07) is 0. The highest BCUT2D eigenvalue weighted by Crippen LogP contribution is 2.48. The molecule has 0 aromatic heterocycles. The molecule has 26 atom stereocenters. The van der Waals surface area contributed by atoms with Crippen molar-refractivity contribution in [1.29, 1.82) is 0 Å². The first kappa shape index (κ1) is 81.7. The lowest BCUT2D eigenvalue weighted by atomic mass is 9.93. The Labute approximate surface area is 579 Å². The molecule has 6 N–H and O–H groups in total. The number of hydrogen-bond acceptors (Lipinski definition) is 34. The van der Waals surface area contributed by atoms with Gasteiger partial charge in [-0.25, -0.2) is 0 Å². The van der Waals surface area contributed by atoms with Crippen LogP contribution in [0.3, 0.4) is 0 Å². The highest BCUT2D eigenvalue weighted by molar-refractivity contribution is 5.06. The van der Waals surface area contributed by atoms with Crippen LogP contribution in [0.15, 0.2) is 0 Å². The van der Waals surface area contributed by atoms with Crippen molar-refractivity contribution in [2.24, 2.45) is 0 Å². The minimum atomic E-state index is -1.15. The second-order valence-electron chi connectivity index (χ2n) is 29.9. The number of methoxy groups -OCH3 is 6. The predicted octanol–water partition coefficient (Wildman–Crippen LogP) is 1.00. The number of hydrogen-bond donors (Lipinski definition) is 6. The van der Waals surface area contributed by atoms with Crippen LogP contribution < -0.4 is 0 Å². The van der Waals surface area contributed by atoms with Gasteiger partial charge in [-0.1, -0.05) is 6.92 Å². The summed E-state index contributed by atoms with van der Waals surface area (Å²) in [6.45, 7) is 31.0. The van der Waals surface area contributed by atoms with Gasteiger partial charge in [0.25, 0.3) is 0 Å². The predicted molar refractivity (Wildman–Crippen MR) is 332 cm³/mol. The fourth-order valence-corrected chi connectivity index (χ4v) is 14.5. The zero-order chi connectivity index (χ0) is 73.2. The Balaban J connectivity index is 0.000000139. The molecular formula is C65H114O34. The van der Waals surface area contributed by atoms with Crippen LogP contribution in [0.2, 0.25) is 0 Å². The fourth-order valence-electron chi connectivity index (χ4n) is 14.5. The molecule has 0 amide bonds. The molecule has 14 saturated heterocycles. The maximum absolute atomic E-state index is 10.3. The minimum Gasteiger partial charge on any atom is -0.394 e. The van der Waals surface area contributed by atoms with E-state index in [9.17, 15) is 25.5 Å². The van der Waals surface area contributed by atoms with E-state index < -0.39 is 144 Å². The molecular weight excluding hydrogens is 1320 g/mol. The zero-order valence-corrected chi connectivity index (χ0v) is 61.5. The van der Waals surface area contributed by atoms with Crippen molar-refractivity contribution in [3.8, 4) is 0 Å². The minimum absolute atomic E-state index is 0.0951. The van der Waals surface area contributed by atoms with Crippen LogP contribution >= 0.6 is 0 Å². The number of ether oxygens (including phenoxy) is 28. The van der Waals surface area contributed by atoms with Gasteiger partial charge in [-0.3, -0.25) is 0 Å². The van der Waals surface area contributed by atoms with Gasteiger partial charge in [-0.05, 0) is 117 Å². The Morgan fingerprint density at radius 2 is 0.697 bits per heavy atom. The van der Waals surface area contributed by atoms with Crippen LogP contribution in [0.25, 0.3) is 0 Å². The normalized spacial score (nSPS) is 45.4. The number of rotatable bonds is 14. The Hall–Kier alpha value is -1.36. The van der Waals surface area contributed by atoms with Crippen molar-refractivity contribution in [3.05, 3.63) is 0 Å². The first-order chi connectivity index (χ1) is 46.1. The van der Waals surface area contributed by atoms with Crippen molar-refractivity contribution in [1.82, 2.24) is 0 Å². The van der Waals surface area contributed by atoms with Gasteiger partial charge in [-0.15, -0.1) is 0 Å². The van der Waals surface area contributed by atoms with Gasteiger partial charge in [0.1, 0.15) is 121 Å². The lowest BCUT2D eigenvalue weighted by molar-refractivity contribution is -0.257. The Kier molecular flexibility index (Phi) is 25.7. The lowest BCUT2D eigenvalue weighted by Gasteiger charge is -2.33. The second-order valence-corrected chi connectivity index (χ2v) is 29.9. The van der Waals surface area contributed by atoms with Crippen molar-refractivity contribution in [2.45, 2.75) is 336 Å². The molecule has 34 heteroatoms. The third-order valence-corrected chi connectivity index (χ3v) is 18.9. The molecule has 0 spiro atoms. The lowest BCUT2D eigenvalue weighted by Crippen LogP contribution is -2.51. The largest absolute Gasteiger partial charge is 0.394 e. The third-order valence-electron chi connectivity index (χ3n) is 18.9. The summed E-state index contributed by atoms with van der Waals surface area (Å²) in [6.07, 6.45) is -9.94. The van der Waals surface area contributed by atoms with Crippen molar-refractivity contribution < 1.29 is 163 Å². The summed E-state index contributed by atoms with van der Waals surface area (Å²) < 4.78 is 156. The monoisotopic (exact) mass is 1440 g/mol. The van der Waals surface area contributed by atoms with E-state index in [2.05, 4.69) is 0 Å². The highest BCUT2D eigenvalue weighted by atomic mass is 16.9. The van der Waals surface area contributed by atoms with Gasteiger partial charge < -0.3 is 163 Å². The Bertz CT molecular complexity index is 2510. The summed E-state index contributed by atoms with van der Waals surface area (Å²) in [5, 5.41) is 56.9. The molecule has 14 aliphatic rings. The molecule has 578 valence electrons. The number of aliphatic hydroxyl groups excluding tert-OH is 6. The van der Waals surface area contributed by atoms with Gasteiger partial charge >= 0.3 is 0 Å². The van der Waals surface area contributed by atoms with Gasteiger partial charge in [0.05, 0.1) is 39.6 Å². The van der Waals surface area contributed by atoms with Gasteiger partial charge in [-0.2, -0.15) is 0 Å². The molecule has 0 radical (unpaired) electrons. The van der Waals surface area contributed by atoms with Crippen molar-refractivity contribution >= 4 is 0 Å². The van der Waals surface area contributed by atoms with Gasteiger partial charge in [0, 0.05) is 42.7 Å². The van der Waals surface area contributed by atoms with E-state index in [4.69, 9.17) is 138 Å². The van der Waals surface area contributed by atoms with Crippen molar-refractivity contribution in [3.63, 3.8) is 0 Å². The number of aliphatic hydroxyl groups is 6. The smallest absolute Gasteiger partial charge is 0.193 e. The Morgan fingerprint density at radius 1 is 0.343 bits per heavy atom. The summed E-state index contributed by atoms with van der Waals surface area (Å²) in [5.74, 6) is -5.26.